The number of carbonyl (C=O) groups excluding carboxylic acids is 2. The molecule has 0 saturated carbocycles. The van der Waals surface area contributed by atoms with Crippen molar-refractivity contribution in [3.8, 4) is 5.75 Å². The van der Waals surface area contributed by atoms with E-state index in [2.05, 4.69) is 4.90 Å². The summed E-state index contributed by atoms with van der Waals surface area (Å²) in [4.78, 5) is 28.8. The molecule has 3 fully saturated rings. The molecule has 0 aromatic heterocycles. The molecule has 25 heavy (non-hydrogen) atoms. The standard InChI is InChI=1S/C19H23ClN2O3/c20-15-4-6-16(7-5-15)25-12-19(24)21-9-13-8-14(11-21)17-2-1-3-18(23)22(17)10-13/h4-7,13-14,17H,1-3,8-12H2/t13?,14?,17-/m1/s1. The smallest absolute Gasteiger partial charge is 0.260 e. The molecular weight excluding hydrogens is 340 g/mol. The van der Waals surface area contributed by atoms with Gasteiger partial charge in [-0.05, 0) is 55.4 Å². The van der Waals surface area contributed by atoms with E-state index >= 15 is 0 Å². The SMILES string of the molecule is O=C(COc1ccc(Cl)cc1)N1CC2CC(C1)[C@H]1CCCC(=O)N1C2. The average Bonchev–Trinajstić information content (AvgIpc) is 2.62. The van der Waals surface area contributed by atoms with E-state index in [9.17, 15) is 9.59 Å². The molecule has 3 heterocycles. The van der Waals surface area contributed by atoms with Crippen molar-refractivity contribution >= 4 is 23.4 Å². The number of halogens is 1. The number of hydrogen-bond donors (Lipinski definition) is 0. The van der Waals surface area contributed by atoms with Crippen LogP contribution in [0.1, 0.15) is 25.7 Å². The largest absolute Gasteiger partial charge is 0.484 e. The van der Waals surface area contributed by atoms with E-state index < -0.39 is 0 Å². The Balaban J connectivity index is 1.37. The lowest BCUT2D eigenvalue weighted by atomic mass is 9.76. The average molecular weight is 363 g/mol. The van der Waals surface area contributed by atoms with Gasteiger partial charge in [-0.2, -0.15) is 0 Å². The number of carbonyl (C=O) groups is 2. The summed E-state index contributed by atoms with van der Waals surface area (Å²) in [5, 5.41) is 0.647. The Labute approximate surface area is 152 Å². The fourth-order valence-corrected chi connectivity index (χ4v) is 4.71. The van der Waals surface area contributed by atoms with Crippen LogP contribution in [0.15, 0.2) is 24.3 Å². The number of piperidine rings is 3. The van der Waals surface area contributed by atoms with E-state index in [0.717, 1.165) is 38.9 Å². The van der Waals surface area contributed by atoms with Crippen molar-refractivity contribution in [1.82, 2.24) is 9.80 Å². The van der Waals surface area contributed by atoms with Gasteiger partial charge in [0.25, 0.3) is 5.91 Å². The zero-order valence-corrected chi connectivity index (χ0v) is 15.0. The number of benzene rings is 1. The zero-order chi connectivity index (χ0) is 17.4. The molecule has 2 bridgehead atoms. The van der Waals surface area contributed by atoms with Crippen molar-refractivity contribution in [1.29, 1.82) is 0 Å². The van der Waals surface area contributed by atoms with E-state index in [-0.39, 0.29) is 12.5 Å². The molecule has 0 N–H and O–H groups in total. The lowest BCUT2D eigenvalue weighted by Gasteiger charge is -2.52. The van der Waals surface area contributed by atoms with Crippen LogP contribution in [0, 0.1) is 11.8 Å². The molecule has 0 radical (unpaired) electrons. The molecule has 3 atom stereocenters. The van der Waals surface area contributed by atoms with E-state index in [1.165, 1.54) is 0 Å². The molecule has 134 valence electrons. The molecular formula is C19H23ClN2O3. The molecule has 2 unspecified atom stereocenters. The monoisotopic (exact) mass is 362 g/mol. The van der Waals surface area contributed by atoms with Crippen molar-refractivity contribution in [3.05, 3.63) is 29.3 Å². The summed E-state index contributed by atoms with van der Waals surface area (Å²) in [6.07, 6.45) is 3.88. The normalized spacial score (nSPS) is 28.5. The summed E-state index contributed by atoms with van der Waals surface area (Å²) in [5.74, 6) is 1.80. The minimum atomic E-state index is 0.0280. The fraction of sp³-hybridized carbons (Fsp3) is 0.579. The third kappa shape index (κ3) is 3.47. The molecule has 1 aromatic carbocycles. The highest BCUT2D eigenvalue weighted by atomic mass is 35.5. The van der Waals surface area contributed by atoms with Gasteiger partial charge in [0.2, 0.25) is 5.91 Å². The first kappa shape index (κ1) is 16.7. The van der Waals surface area contributed by atoms with E-state index in [1.54, 1.807) is 24.3 Å². The molecule has 3 aliphatic rings. The first-order chi connectivity index (χ1) is 12.1. The second kappa shape index (κ2) is 6.87. The Kier molecular flexibility index (Phi) is 4.59. The highest BCUT2D eigenvalue weighted by Crippen LogP contribution is 2.37. The zero-order valence-electron chi connectivity index (χ0n) is 14.2. The van der Waals surface area contributed by atoms with Crippen molar-refractivity contribution in [2.45, 2.75) is 31.7 Å². The van der Waals surface area contributed by atoms with Gasteiger partial charge in [0, 0.05) is 37.1 Å². The lowest BCUT2D eigenvalue weighted by molar-refractivity contribution is -0.149. The topological polar surface area (TPSA) is 49.9 Å². The Morgan fingerprint density at radius 2 is 2.00 bits per heavy atom. The molecule has 2 amide bonds. The Hall–Kier alpha value is -1.75. The lowest BCUT2D eigenvalue weighted by Crippen LogP contribution is -2.61. The van der Waals surface area contributed by atoms with E-state index in [0.29, 0.717) is 41.0 Å². The van der Waals surface area contributed by atoms with Gasteiger partial charge in [-0.25, -0.2) is 0 Å². The summed E-state index contributed by atoms with van der Waals surface area (Å²) in [6.45, 7) is 2.33. The van der Waals surface area contributed by atoms with Crippen molar-refractivity contribution in [3.63, 3.8) is 0 Å². The van der Waals surface area contributed by atoms with Gasteiger partial charge in [0.1, 0.15) is 5.75 Å². The van der Waals surface area contributed by atoms with Crippen LogP contribution in [-0.2, 0) is 9.59 Å². The Bertz CT molecular complexity index is 663. The minimum absolute atomic E-state index is 0.0280. The van der Waals surface area contributed by atoms with Crippen LogP contribution >= 0.6 is 11.6 Å². The summed E-state index contributed by atoms with van der Waals surface area (Å²) >= 11 is 5.86. The van der Waals surface area contributed by atoms with Gasteiger partial charge in [-0.15, -0.1) is 0 Å². The maximum absolute atomic E-state index is 12.6. The number of ether oxygens (including phenoxy) is 1. The summed E-state index contributed by atoms with van der Waals surface area (Å²) in [5.41, 5.74) is 0. The summed E-state index contributed by atoms with van der Waals surface area (Å²) in [7, 11) is 0. The van der Waals surface area contributed by atoms with Crippen molar-refractivity contribution in [2.24, 2.45) is 11.8 Å². The molecule has 3 saturated heterocycles. The summed E-state index contributed by atoms with van der Waals surface area (Å²) in [6, 6.07) is 7.37. The van der Waals surface area contributed by atoms with Gasteiger partial charge in [-0.3, -0.25) is 9.59 Å². The van der Waals surface area contributed by atoms with Crippen molar-refractivity contribution in [2.75, 3.05) is 26.2 Å². The second-order valence-corrected chi connectivity index (χ2v) is 7.85. The van der Waals surface area contributed by atoms with Crippen LogP contribution in [0.25, 0.3) is 0 Å². The highest BCUT2D eigenvalue weighted by Gasteiger charge is 2.44. The Morgan fingerprint density at radius 3 is 2.80 bits per heavy atom. The first-order valence-corrected chi connectivity index (χ1v) is 9.43. The number of rotatable bonds is 3. The van der Waals surface area contributed by atoms with E-state index in [1.807, 2.05) is 4.90 Å². The summed E-state index contributed by atoms with van der Waals surface area (Å²) < 4.78 is 5.61. The minimum Gasteiger partial charge on any atom is -0.484 e. The predicted molar refractivity (Wildman–Crippen MR) is 94.5 cm³/mol. The van der Waals surface area contributed by atoms with Crippen LogP contribution in [-0.4, -0.2) is 53.9 Å². The van der Waals surface area contributed by atoms with Crippen LogP contribution < -0.4 is 4.74 Å². The molecule has 6 heteroatoms. The molecule has 4 rings (SSSR count). The quantitative estimate of drug-likeness (QED) is 0.830. The molecule has 0 aliphatic carbocycles. The highest BCUT2D eigenvalue weighted by molar-refractivity contribution is 6.30. The van der Waals surface area contributed by atoms with Gasteiger partial charge >= 0.3 is 0 Å². The number of hydrogen-bond acceptors (Lipinski definition) is 3. The van der Waals surface area contributed by atoms with Crippen LogP contribution in [0.4, 0.5) is 0 Å². The molecule has 5 nitrogen and oxygen atoms in total. The second-order valence-electron chi connectivity index (χ2n) is 7.41. The molecule has 1 aromatic rings. The number of nitrogens with zero attached hydrogens (tertiary/aromatic N) is 2. The maximum atomic E-state index is 12.6. The van der Waals surface area contributed by atoms with Gasteiger partial charge in [0.15, 0.2) is 6.61 Å². The number of amides is 2. The predicted octanol–water partition coefficient (Wildman–Crippen LogP) is 2.58. The Morgan fingerprint density at radius 1 is 1.20 bits per heavy atom. The van der Waals surface area contributed by atoms with Crippen LogP contribution in [0.5, 0.6) is 5.75 Å². The third-order valence-electron chi connectivity index (χ3n) is 5.71. The fourth-order valence-electron chi connectivity index (χ4n) is 4.58. The van der Waals surface area contributed by atoms with Crippen molar-refractivity contribution < 1.29 is 14.3 Å². The maximum Gasteiger partial charge on any atom is 0.260 e. The third-order valence-corrected chi connectivity index (χ3v) is 5.96. The van der Waals surface area contributed by atoms with Crippen LogP contribution in [0.2, 0.25) is 5.02 Å². The first-order valence-electron chi connectivity index (χ1n) is 9.06. The number of likely N-dealkylation sites (tertiary alicyclic amines) is 1. The van der Waals surface area contributed by atoms with Crippen LogP contribution in [0.3, 0.4) is 0 Å². The number of fused-ring (bicyclic) bond motifs is 4. The molecule has 0 spiro atoms. The van der Waals surface area contributed by atoms with Gasteiger partial charge in [0.05, 0.1) is 0 Å². The van der Waals surface area contributed by atoms with E-state index in [4.69, 9.17) is 16.3 Å². The molecule has 3 aliphatic heterocycles. The van der Waals surface area contributed by atoms with Gasteiger partial charge in [-0.1, -0.05) is 11.6 Å². The van der Waals surface area contributed by atoms with Gasteiger partial charge < -0.3 is 14.5 Å².